The zero-order valence-electron chi connectivity index (χ0n) is 17.0. The van der Waals surface area contributed by atoms with Crippen LogP contribution in [0.5, 0.6) is 0 Å². The zero-order valence-corrected chi connectivity index (χ0v) is 17.0. The molecule has 0 saturated heterocycles. The maximum atomic E-state index is 10.9. The number of hydrogen-bond acceptors (Lipinski definition) is 1. The number of carbonyl (C=O) groups is 1. The molecule has 2 aromatic carbocycles. The largest absolute Gasteiger partial charge is 0.370 e. The molecule has 0 radical (unpaired) electrons. The minimum atomic E-state index is -0.205. The highest BCUT2D eigenvalue weighted by Crippen LogP contribution is 2.37. The number of pyridine rings is 1. The topological polar surface area (TPSA) is 51.9 Å². The Kier molecular flexibility index (Phi) is 4.80. The van der Waals surface area contributed by atoms with Gasteiger partial charge in [0.2, 0.25) is 5.91 Å². The van der Waals surface area contributed by atoms with Gasteiger partial charge in [0, 0.05) is 47.6 Å². The van der Waals surface area contributed by atoms with Crippen LogP contribution in [0.4, 0.5) is 0 Å². The number of aromatic nitrogens is 2. The van der Waals surface area contributed by atoms with Gasteiger partial charge in [0.05, 0.1) is 5.52 Å². The van der Waals surface area contributed by atoms with E-state index in [1.807, 2.05) is 0 Å². The second-order valence-electron chi connectivity index (χ2n) is 7.84. The Balaban J connectivity index is 1.77. The van der Waals surface area contributed by atoms with Crippen LogP contribution < -0.4 is 10.3 Å². The van der Waals surface area contributed by atoms with Gasteiger partial charge in [0.15, 0.2) is 12.4 Å². The highest BCUT2D eigenvalue weighted by Gasteiger charge is 2.18. The van der Waals surface area contributed by atoms with Gasteiger partial charge in [-0.05, 0) is 49.3 Å². The normalized spacial score (nSPS) is 11.7. The number of para-hydroxylation sites is 1. The van der Waals surface area contributed by atoms with E-state index in [-0.39, 0.29) is 5.91 Å². The van der Waals surface area contributed by atoms with Crippen molar-refractivity contribution in [3.63, 3.8) is 0 Å². The zero-order chi connectivity index (χ0) is 19.8. The first-order valence-electron chi connectivity index (χ1n) is 10.1. The second-order valence-corrected chi connectivity index (χ2v) is 7.84. The molecule has 4 heteroatoms. The number of amides is 1. The van der Waals surface area contributed by atoms with Crippen LogP contribution in [0.3, 0.4) is 0 Å². The summed E-state index contributed by atoms with van der Waals surface area (Å²) in [6, 6.07) is 10.9. The molecule has 0 fully saturated rings. The molecule has 4 aromatic rings. The first kappa shape index (κ1) is 18.5. The van der Waals surface area contributed by atoms with Crippen molar-refractivity contribution in [3.05, 3.63) is 53.9 Å². The van der Waals surface area contributed by atoms with Gasteiger partial charge in [-0.3, -0.25) is 4.79 Å². The van der Waals surface area contributed by atoms with Crippen LogP contribution in [0.1, 0.15) is 36.8 Å². The fourth-order valence-electron chi connectivity index (χ4n) is 4.55. The molecule has 1 amide bonds. The molecule has 144 valence electrons. The van der Waals surface area contributed by atoms with Crippen molar-refractivity contribution in [1.29, 1.82) is 0 Å². The molecule has 4 rings (SSSR count). The number of nitrogens with zero attached hydrogens (tertiary/aromatic N) is 2. The number of benzene rings is 2. The van der Waals surface area contributed by atoms with Gasteiger partial charge in [-0.2, -0.15) is 0 Å². The molecule has 2 heterocycles. The fraction of sp³-hybridized carbons (Fsp3) is 0.333. The predicted octanol–water partition coefficient (Wildman–Crippen LogP) is 4.43. The van der Waals surface area contributed by atoms with Crippen molar-refractivity contribution in [3.8, 4) is 0 Å². The van der Waals surface area contributed by atoms with E-state index in [9.17, 15) is 4.79 Å². The van der Waals surface area contributed by atoms with Gasteiger partial charge in [-0.1, -0.05) is 18.2 Å². The van der Waals surface area contributed by atoms with Crippen molar-refractivity contribution in [2.75, 3.05) is 0 Å². The van der Waals surface area contributed by atoms with E-state index in [4.69, 9.17) is 5.73 Å². The molecule has 0 aliphatic heterocycles. The molecule has 0 bridgehead atoms. The summed E-state index contributed by atoms with van der Waals surface area (Å²) >= 11 is 0. The molecule has 0 atom stereocenters. The third-order valence-corrected chi connectivity index (χ3v) is 6.00. The Morgan fingerprint density at radius 3 is 2.57 bits per heavy atom. The Morgan fingerprint density at radius 2 is 1.79 bits per heavy atom. The van der Waals surface area contributed by atoms with E-state index in [0.29, 0.717) is 6.42 Å². The summed E-state index contributed by atoms with van der Waals surface area (Å²) in [4.78, 5) is 10.9. The average Bonchev–Trinajstić information content (AvgIpc) is 2.99. The molecule has 4 nitrogen and oxygen atoms in total. The molecule has 28 heavy (non-hydrogen) atoms. The lowest BCUT2D eigenvalue weighted by Crippen LogP contribution is -2.32. The van der Waals surface area contributed by atoms with Crippen LogP contribution in [0.25, 0.3) is 32.6 Å². The Morgan fingerprint density at radius 1 is 1.00 bits per heavy atom. The van der Waals surface area contributed by atoms with Crippen molar-refractivity contribution < 1.29 is 9.36 Å². The average molecular weight is 375 g/mol. The van der Waals surface area contributed by atoms with Gasteiger partial charge >= 0.3 is 0 Å². The maximum Gasteiger partial charge on any atom is 0.217 e. The number of fused-ring (bicyclic) bond motifs is 4. The predicted molar refractivity (Wildman–Crippen MR) is 115 cm³/mol. The quantitative estimate of drug-likeness (QED) is 0.394. The van der Waals surface area contributed by atoms with Crippen molar-refractivity contribution in [1.82, 2.24) is 4.57 Å². The lowest BCUT2D eigenvalue weighted by atomic mass is 9.97. The van der Waals surface area contributed by atoms with E-state index < -0.39 is 0 Å². The summed E-state index contributed by atoms with van der Waals surface area (Å²) in [7, 11) is 2.16. The fourth-order valence-corrected chi connectivity index (χ4v) is 4.55. The number of carbonyl (C=O) groups excluding carboxylic acids is 1. The first-order valence-corrected chi connectivity index (χ1v) is 10.1. The van der Waals surface area contributed by atoms with Crippen LogP contribution in [0.15, 0.2) is 42.7 Å². The monoisotopic (exact) mass is 374 g/mol. The summed E-state index contributed by atoms with van der Waals surface area (Å²) in [6.45, 7) is 5.44. The molecular formula is C24H28N3O+. The first-order chi connectivity index (χ1) is 13.5. The SMILES string of the molecule is Cc1c2c[n+](CCCCCC(N)=O)ccc2c(C)c2c1c1ccccc1n2C. The standard InChI is InChI=1S/C24H27N3O/c1-16-20-15-27(13-8-4-5-11-22(25)28)14-12-18(20)17(2)24-23(16)19-9-6-7-10-21(19)26(24)3/h6-7,9-10,12,14-15H,4-5,8,11,13H2,1-3H3,(H-,25,28)/p+1. The summed E-state index contributed by atoms with van der Waals surface area (Å²) in [6.07, 6.45) is 7.90. The molecule has 0 saturated carbocycles. The van der Waals surface area contributed by atoms with Crippen LogP contribution in [0.2, 0.25) is 0 Å². The van der Waals surface area contributed by atoms with Gasteiger partial charge in [-0.25, -0.2) is 4.57 Å². The van der Waals surface area contributed by atoms with Gasteiger partial charge in [-0.15, -0.1) is 0 Å². The van der Waals surface area contributed by atoms with E-state index in [0.717, 1.165) is 25.8 Å². The van der Waals surface area contributed by atoms with Crippen LogP contribution in [-0.2, 0) is 18.4 Å². The summed E-state index contributed by atoms with van der Waals surface area (Å²) < 4.78 is 4.60. The van der Waals surface area contributed by atoms with E-state index in [2.05, 4.69) is 72.8 Å². The van der Waals surface area contributed by atoms with E-state index in [1.54, 1.807) is 0 Å². The minimum Gasteiger partial charge on any atom is -0.370 e. The number of primary amides is 1. The Bertz CT molecular complexity index is 1200. The number of hydrogen-bond donors (Lipinski definition) is 1. The van der Waals surface area contributed by atoms with Crippen LogP contribution in [0, 0.1) is 13.8 Å². The Labute approximate surface area is 165 Å². The van der Waals surface area contributed by atoms with Gasteiger partial charge in [0.1, 0.15) is 6.54 Å². The van der Waals surface area contributed by atoms with Crippen molar-refractivity contribution in [2.45, 2.75) is 46.1 Å². The van der Waals surface area contributed by atoms with Crippen LogP contribution in [-0.4, -0.2) is 10.5 Å². The van der Waals surface area contributed by atoms with Crippen molar-refractivity contribution >= 4 is 38.5 Å². The molecule has 0 spiro atoms. The number of nitrogens with two attached hydrogens (primary N) is 1. The molecule has 2 aromatic heterocycles. The molecular weight excluding hydrogens is 346 g/mol. The molecule has 0 aliphatic carbocycles. The molecule has 2 N–H and O–H groups in total. The summed E-state index contributed by atoms with van der Waals surface area (Å²) in [5.74, 6) is -0.205. The summed E-state index contributed by atoms with van der Waals surface area (Å²) in [5.41, 5.74) is 10.5. The van der Waals surface area contributed by atoms with Crippen molar-refractivity contribution in [2.24, 2.45) is 12.8 Å². The highest BCUT2D eigenvalue weighted by atomic mass is 16.1. The smallest absolute Gasteiger partial charge is 0.217 e. The van der Waals surface area contributed by atoms with Gasteiger partial charge in [0.25, 0.3) is 0 Å². The highest BCUT2D eigenvalue weighted by molar-refractivity contribution is 6.16. The van der Waals surface area contributed by atoms with E-state index >= 15 is 0 Å². The number of aryl methyl sites for hydroxylation is 4. The maximum absolute atomic E-state index is 10.9. The minimum absolute atomic E-state index is 0.205. The third kappa shape index (κ3) is 3.03. The van der Waals surface area contributed by atoms with Gasteiger partial charge < -0.3 is 10.3 Å². The number of unbranched alkanes of at least 4 members (excludes halogenated alkanes) is 2. The molecule has 0 unspecified atom stereocenters. The lowest BCUT2D eigenvalue weighted by Gasteiger charge is -2.10. The Hall–Kier alpha value is -2.88. The summed E-state index contributed by atoms with van der Waals surface area (Å²) in [5, 5.41) is 5.33. The second kappa shape index (κ2) is 7.27. The van der Waals surface area contributed by atoms with Crippen LogP contribution >= 0.6 is 0 Å². The van der Waals surface area contributed by atoms with E-state index in [1.165, 1.54) is 43.7 Å². The molecule has 0 aliphatic rings. The third-order valence-electron chi connectivity index (χ3n) is 6.00. The lowest BCUT2D eigenvalue weighted by molar-refractivity contribution is -0.696. The number of rotatable bonds is 6.